The Morgan fingerprint density at radius 1 is 0.941 bits per heavy atom. The second-order valence-electron chi connectivity index (χ2n) is 4.57. The van der Waals surface area contributed by atoms with E-state index in [1.54, 1.807) is 0 Å². The summed E-state index contributed by atoms with van der Waals surface area (Å²) in [7, 11) is 0. The Kier molecular flexibility index (Phi) is 2.25. The molecule has 0 spiro atoms. The molecule has 0 atom stereocenters. The van der Waals surface area contributed by atoms with Gasteiger partial charge in [-0.3, -0.25) is 0 Å². The Labute approximate surface area is 102 Å². The highest BCUT2D eigenvalue weighted by Crippen LogP contribution is 2.39. The van der Waals surface area contributed by atoms with Crippen LogP contribution in [0.5, 0.6) is 0 Å². The summed E-state index contributed by atoms with van der Waals surface area (Å²) in [5, 5.41) is 3.34. The summed E-state index contributed by atoms with van der Waals surface area (Å²) in [6.07, 6.45) is 17.0. The SMILES string of the molecule is CC1=CC2=C(C3=CC=CC=CN3)C(C)=CC2=C1. The van der Waals surface area contributed by atoms with E-state index in [-0.39, 0.29) is 0 Å². The molecule has 0 aromatic rings. The molecule has 1 heterocycles. The number of fused-ring (bicyclic) bond motifs is 1. The molecular weight excluding hydrogens is 206 g/mol. The largest absolute Gasteiger partial charge is 0.361 e. The summed E-state index contributed by atoms with van der Waals surface area (Å²) in [6.45, 7) is 4.32. The molecule has 0 aromatic carbocycles. The van der Waals surface area contributed by atoms with Gasteiger partial charge in [-0.2, -0.15) is 0 Å². The molecule has 3 aliphatic rings. The summed E-state index contributed by atoms with van der Waals surface area (Å²) in [6, 6.07) is 0. The van der Waals surface area contributed by atoms with E-state index in [1.165, 1.54) is 33.6 Å². The summed E-state index contributed by atoms with van der Waals surface area (Å²) in [5.74, 6) is 0. The Hall–Kier alpha value is -2.02. The van der Waals surface area contributed by atoms with E-state index >= 15 is 0 Å². The number of hydrogen-bond acceptors (Lipinski definition) is 1. The van der Waals surface area contributed by atoms with Crippen LogP contribution in [0.25, 0.3) is 0 Å². The predicted molar refractivity (Wildman–Crippen MR) is 72.1 cm³/mol. The molecule has 17 heavy (non-hydrogen) atoms. The maximum Gasteiger partial charge on any atom is 0.0462 e. The average molecular weight is 221 g/mol. The van der Waals surface area contributed by atoms with Gasteiger partial charge in [-0.1, -0.05) is 30.4 Å². The summed E-state index contributed by atoms with van der Waals surface area (Å²) >= 11 is 0. The molecule has 1 nitrogen and oxygen atoms in total. The molecule has 1 aliphatic heterocycles. The second-order valence-corrected chi connectivity index (χ2v) is 4.57. The lowest BCUT2D eigenvalue weighted by molar-refractivity contribution is 1.07. The van der Waals surface area contributed by atoms with Gasteiger partial charge in [0, 0.05) is 17.5 Å². The molecule has 84 valence electrons. The number of nitrogens with one attached hydrogen (secondary N) is 1. The monoisotopic (exact) mass is 221 g/mol. The molecule has 0 unspecified atom stereocenters. The van der Waals surface area contributed by atoms with Crippen molar-refractivity contribution in [3.8, 4) is 0 Å². The topological polar surface area (TPSA) is 12.0 Å². The van der Waals surface area contributed by atoms with Crippen molar-refractivity contribution < 1.29 is 0 Å². The van der Waals surface area contributed by atoms with Gasteiger partial charge in [-0.15, -0.1) is 0 Å². The fourth-order valence-electron chi connectivity index (χ4n) is 2.50. The highest BCUT2D eigenvalue weighted by molar-refractivity contribution is 5.72. The molecule has 0 amide bonds. The van der Waals surface area contributed by atoms with Crippen molar-refractivity contribution in [1.29, 1.82) is 0 Å². The normalized spacial score (nSPS) is 21.5. The van der Waals surface area contributed by atoms with Crippen LogP contribution in [0, 0.1) is 0 Å². The van der Waals surface area contributed by atoms with Crippen molar-refractivity contribution in [2.24, 2.45) is 0 Å². The number of rotatable bonds is 1. The van der Waals surface area contributed by atoms with Crippen LogP contribution >= 0.6 is 0 Å². The van der Waals surface area contributed by atoms with Crippen molar-refractivity contribution in [3.05, 3.63) is 82.3 Å². The first kappa shape index (κ1) is 10.2. The first-order valence-electron chi connectivity index (χ1n) is 5.89. The van der Waals surface area contributed by atoms with Crippen molar-refractivity contribution in [1.82, 2.24) is 5.32 Å². The number of hydrogen-bond donors (Lipinski definition) is 1. The van der Waals surface area contributed by atoms with Gasteiger partial charge in [0.15, 0.2) is 0 Å². The van der Waals surface area contributed by atoms with Crippen molar-refractivity contribution >= 4 is 0 Å². The summed E-state index contributed by atoms with van der Waals surface area (Å²) in [4.78, 5) is 0. The first-order chi connectivity index (χ1) is 8.25. The maximum atomic E-state index is 3.34. The van der Waals surface area contributed by atoms with Crippen LogP contribution in [0.3, 0.4) is 0 Å². The summed E-state index contributed by atoms with van der Waals surface area (Å²) in [5.41, 5.74) is 7.85. The zero-order valence-electron chi connectivity index (χ0n) is 10.1. The van der Waals surface area contributed by atoms with Crippen molar-refractivity contribution in [2.45, 2.75) is 13.8 Å². The third-order valence-electron chi connectivity index (χ3n) is 3.19. The van der Waals surface area contributed by atoms with Gasteiger partial charge in [0.25, 0.3) is 0 Å². The highest BCUT2D eigenvalue weighted by atomic mass is 14.9. The molecule has 2 aliphatic carbocycles. The van der Waals surface area contributed by atoms with E-state index < -0.39 is 0 Å². The average Bonchev–Trinajstić information content (AvgIpc) is 2.64. The Morgan fingerprint density at radius 2 is 1.82 bits per heavy atom. The molecule has 1 heteroatoms. The standard InChI is InChI=1S/C16H15N/c1-11-8-13-10-12(2)16(14(13)9-11)15-6-4-3-5-7-17-15/h3-10,17H,1-2H3. The minimum absolute atomic E-state index is 1.17. The highest BCUT2D eigenvalue weighted by Gasteiger charge is 2.23. The van der Waals surface area contributed by atoms with Gasteiger partial charge in [-0.25, -0.2) is 0 Å². The molecule has 0 bridgehead atoms. The van der Waals surface area contributed by atoms with Crippen LogP contribution in [0.4, 0.5) is 0 Å². The Bertz CT molecular complexity index is 587. The lowest BCUT2D eigenvalue weighted by Crippen LogP contribution is -2.07. The minimum atomic E-state index is 1.17. The fraction of sp³-hybridized carbons (Fsp3) is 0.125. The number of allylic oxidation sites excluding steroid dienone is 11. The third-order valence-corrected chi connectivity index (χ3v) is 3.19. The van der Waals surface area contributed by atoms with Crippen LogP contribution in [0.2, 0.25) is 0 Å². The Morgan fingerprint density at radius 3 is 2.71 bits per heavy atom. The maximum absolute atomic E-state index is 3.34. The third kappa shape index (κ3) is 1.64. The van der Waals surface area contributed by atoms with Crippen molar-refractivity contribution in [2.75, 3.05) is 0 Å². The zero-order valence-corrected chi connectivity index (χ0v) is 10.1. The van der Waals surface area contributed by atoms with Crippen LogP contribution in [-0.2, 0) is 0 Å². The van der Waals surface area contributed by atoms with Gasteiger partial charge < -0.3 is 5.32 Å². The van der Waals surface area contributed by atoms with Gasteiger partial charge in [0.05, 0.1) is 0 Å². The van der Waals surface area contributed by atoms with Gasteiger partial charge in [0.1, 0.15) is 0 Å². The van der Waals surface area contributed by atoms with E-state index in [9.17, 15) is 0 Å². The van der Waals surface area contributed by atoms with E-state index in [0.717, 1.165) is 0 Å². The molecule has 1 N–H and O–H groups in total. The molecule has 0 aromatic heterocycles. The molecule has 0 saturated carbocycles. The zero-order chi connectivity index (χ0) is 11.8. The molecule has 0 fully saturated rings. The second kappa shape index (κ2) is 3.77. The smallest absolute Gasteiger partial charge is 0.0462 e. The lowest BCUT2D eigenvalue weighted by Gasteiger charge is -2.11. The van der Waals surface area contributed by atoms with E-state index in [0.29, 0.717) is 0 Å². The first-order valence-corrected chi connectivity index (χ1v) is 5.89. The van der Waals surface area contributed by atoms with Crippen LogP contribution in [0.1, 0.15) is 13.8 Å². The summed E-state index contributed by atoms with van der Waals surface area (Å²) < 4.78 is 0. The predicted octanol–water partition coefficient (Wildman–Crippen LogP) is 3.69. The van der Waals surface area contributed by atoms with Gasteiger partial charge >= 0.3 is 0 Å². The molecule has 3 rings (SSSR count). The lowest BCUT2D eigenvalue weighted by atomic mass is 10.0. The fourth-order valence-corrected chi connectivity index (χ4v) is 2.50. The molecule has 0 saturated heterocycles. The van der Waals surface area contributed by atoms with Crippen LogP contribution < -0.4 is 5.32 Å². The molecular formula is C16H15N. The minimum Gasteiger partial charge on any atom is -0.361 e. The van der Waals surface area contributed by atoms with Crippen molar-refractivity contribution in [3.63, 3.8) is 0 Å². The van der Waals surface area contributed by atoms with Crippen LogP contribution in [0.15, 0.2) is 82.3 Å². The van der Waals surface area contributed by atoms with Gasteiger partial charge in [-0.05, 0) is 48.3 Å². The van der Waals surface area contributed by atoms with Crippen LogP contribution in [-0.4, -0.2) is 0 Å². The quantitative estimate of drug-likeness (QED) is 0.712. The Balaban J connectivity index is 2.11. The van der Waals surface area contributed by atoms with E-state index in [2.05, 4.69) is 49.5 Å². The van der Waals surface area contributed by atoms with Gasteiger partial charge in [0.2, 0.25) is 0 Å². The molecule has 0 radical (unpaired) electrons. The van der Waals surface area contributed by atoms with E-state index in [1.807, 2.05) is 18.4 Å². The van der Waals surface area contributed by atoms with E-state index in [4.69, 9.17) is 0 Å².